The number of allylic oxidation sites excluding steroid dienone is 8. The van der Waals surface area contributed by atoms with Crippen molar-refractivity contribution >= 4 is 7.82 Å². The van der Waals surface area contributed by atoms with Crippen LogP contribution in [0.4, 0.5) is 17.6 Å². The number of phosphoric acid groups is 1. The highest BCUT2D eigenvalue weighted by molar-refractivity contribution is 7.46. The molecule has 0 saturated carbocycles. The lowest BCUT2D eigenvalue weighted by Crippen LogP contribution is -2.46. The maximum atomic E-state index is 13.4. The molecule has 0 heterocycles. The minimum absolute atomic E-state index is 0.0943. The third-order valence-electron chi connectivity index (χ3n) is 4.08. The average molecular weight is 501 g/mol. The SMILES string of the molecule is C/C=C(/C=C/C(N)(CO)COP(=O)(O)O)\C=C(/COCCCC/C=C\C=C/CF)C(F)(F)F. The Bertz CT molecular complexity index is 758. The number of nitrogens with two attached hydrogens (primary N) is 1. The van der Waals surface area contributed by atoms with E-state index in [-0.39, 0.29) is 12.2 Å². The van der Waals surface area contributed by atoms with Crippen molar-refractivity contribution in [3.8, 4) is 0 Å². The van der Waals surface area contributed by atoms with Crippen LogP contribution in [-0.2, 0) is 13.8 Å². The van der Waals surface area contributed by atoms with Crippen LogP contribution in [0.25, 0.3) is 0 Å². The van der Waals surface area contributed by atoms with E-state index in [4.69, 9.17) is 20.3 Å². The Kier molecular flexibility index (Phi) is 15.3. The first kappa shape index (κ1) is 31.4. The molecule has 12 heteroatoms. The number of aliphatic hydroxyl groups excluding tert-OH is 1. The van der Waals surface area contributed by atoms with Crippen LogP contribution in [0.1, 0.15) is 26.2 Å². The Hall–Kier alpha value is -1.59. The van der Waals surface area contributed by atoms with E-state index in [0.29, 0.717) is 19.3 Å². The number of hydrogen-bond donors (Lipinski definition) is 4. The van der Waals surface area contributed by atoms with Crippen LogP contribution in [0.3, 0.4) is 0 Å². The highest BCUT2D eigenvalue weighted by Gasteiger charge is 2.33. The van der Waals surface area contributed by atoms with Gasteiger partial charge in [0, 0.05) is 6.61 Å². The Balaban J connectivity index is 4.96. The van der Waals surface area contributed by atoms with Crippen LogP contribution in [-0.4, -0.2) is 59.7 Å². The van der Waals surface area contributed by atoms with Crippen LogP contribution in [0.5, 0.6) is 0 Å². The van der Waals surface area contributed by atoms with Crippen molar-refractivity contribution in [3.63, 3.8) is 0 Å². The molecule has 5 N–H and O–H groups in total. The average Bonchev–Trinajstić information content (AvgIpc) is 2.73. The fourth-order valence-electron chi connectivity index (χ4n) is 2.20. The van der Waals surface area contributed by atoms with Crippen molar-refractivity contribution in [2.24, 2.45) is 5.73 Å². The maximum absolute atomic E-state index is 13.4. The summed E-state index contributed by atoms with van der Waals surface area (Å²) >= 11 is 0. The number of phosphoric ester groups is 1. The Morgan fingerprint density at radius 1 is 1.15 bits per heavy atom. The van der Waals surface area contributed by atoms with Gasteiger partial charge in [0.15, 0.2) is 0 Å². The van der Waals surface area contributed by atoms with Gasteiger partial charge in [-0.25, -0.2) is 8.96 Å². The zero-order chi connectivity index (χ0) is 25.4. The van der Waals surface area contributed by atoms with Crippen LogP contribution < -0.4 is 5.73 Å². The summed E-state index contributed by atoms with van der Waals surface area (Å²) in [5.41, 5.74) is 3.22. The van der Waals surface area contributed by atoms with E-state index in [1.54, 1.807) is 12.2 Å². The first-order chi connectivity index (χ1) is 15.4. The molecular formula is C21H32F4NO6P. The lowest BCUT2D eigenvalue weighted by molar-refractivity contribution is -0.101. The molecule has 0 fully saturated rings. The lowest BCUT2D eigenvalue weighted by atomic mass is 10.0. The summed E-state index contributed by atoms with van der Waals surface area (Å²) in [6, 6.07) is 0. The summed E-state index contributed by atoms with van der Waals surface area (Å²) in [7, 11) is -4.84. The number of aliphatic hydroxyl groups is 1. The van der Waals surface area contributed by atoms with Crippen molar-refractivity contribution in [1.82, 2.24) is 0 Å². The standard InChI is InChI=1S/C21H32F4NO6P/c1-2-18(10-11-20(26,16-27)17-32-33(28,29)30)14-19(21(23,24)25)15-31-13-9-7-5-3-4-6-8-12-22/h2-4,6,8,10-11,14,27H,5,7,9,12-13,15-17,26H2,1H3,(H2,28,29,30)/b4-3-,8-6-,11-10+,18-2-,19-14+. The minimum Gasteiger partial charge on any atom is -0.394 e. The summed E-state index contributed by atoms with van der Waals surface area (Å²) in [5.74, 6) is 0. The normalized spacial score (nSPS) is 16.4. The molecule has 0 amide bonds. The van der Waals surface area contributed by atoms with Gasteiger partial charge in [-0.15, -0.1) is 0 Å². The van der Waals surface area contributed by atoms with Crippen molar-refractivity contribution in [2.45, 2.75) is 37.9 Å². The largest absolute Gasteiger partial charge is 0.469 e. The molecule has 0 aromatic rings. The second-order valence-electron chi connectivity index (χ2n) is 7.00. The summed E-state index contributed by atoms with van der Waals surface area (Å²) in [6.45, 7) is -1.11. The van der Waals surface area contributed by atoms with Gasteiger partial charge in [-0.05, 0) is 37.8 Å². The fourth-order valence-corrected chi connectivity index (χ4v) is 2.61. The van der Waals surface area contributed by atoms with E-state index in [9.17, 15) is 27.2 Å². The summed E-state index contributed by atoms with van der Waals surface area (Å²) in [6.07, 6.45) is 8.26. The second-order valence-corrected chi connectivity index (χ2v) is 8.24. The molecule has 0 aliphatic carbocycles. The van der Waals surface area contributed by atoms with Gasteiger partial charge in [-0.1, -0.05) is 42.5 Å². The van der Waals surface area contributed by atoms with Gasteiger partial charge in [-0.2, -0.15) is 13.2 Å². The molecule has 0 bridgehead atoms. The predicted molar refractivity (Wildman–Crippen MR) is 118 cm³/mol. The molecule has 0 saturated heterocycles. The van der Waals surface area contributed by atoms with Crippen LogP contribution >= 0.6 is 7.82 Å². The van der Waals surface area contributed by atoms with Gasteiger partial charge in [-0.3, -0.25) is 4.52 Å². The van der Waals surface area contributed by atoms with Crippen LogP contribution in [0, 0.1) is 0 Å². The summed E-state index contributed by atoms with van der Waals surface area (Å²) < 4.78 is 72.2. The number of ether oxygens (including phenoxy) is 1. The van der Waals surface area contributed by atoms with Crippen LogP contribution in [0.2, 0.25) is 0 Å². The van der Waals surface area contributed by atoms with E-state index in [2.05, 4.69) is 4.52 Å². The summed E-state index contributed by atoms with van der Waals surface area (Å²) in [4.78, 5) is 17.5. The number of hydrogen-bond acceptors (Lipinski definition) is 5. The van der Waals surface area contributed by atoms with Crippen molar-refractivity contribution in [3.05, 3.63) is 59.8 Å². The fraction of sp³-hybridized carbons (Fsp3) is 0.524. The Morgan fingerprint density at radius 3 is 2.36 bits per heavy atom. The van der Waals surface area contributed by atoms with Gasteiger partial charge in [0.1, 0.15) is 6.67 Å². The first-order valence-corrected chi connectivity index (χ1v) is 11.6. The third-order valence-corrected chi connectivity index (χ3v) is 4.55. The Morgan fingerprint density at radius 2 is 1.82 bits per heavy atom. The maximum Gasteiger partial charge on any atom is 0.469 e. The number of rotatable bonds is 16. The van der Waals surface area contributed by atoms with E-state index in [0.717, 1.165) is 12.2 Å². The monoisotopic (exact) mass is 501 g/mol. The summed E-state index contributed by atoms with van der Waals surface area (Å²) in [5, 5.41) is 9.37. The van der Waals surface area contributed by atoms with Gasteiger partial charge in [0.25, 0.3) is 0 Å². The van der Waals surface area contributed by atoms with Gasteiger partial charge in [0.2, 0.25) is 0 Å². The first-order valence-electron chi connectivity index (χ1n) is 10.1. The molecule has 0 aromatic carbocycles. The molecule has 1 unspecified atom stereocenters. The van der Waals surface area contributed by atoms with E-state index >= 15 is 0 Å². The zero-order valence-electron chi connectivity index (χ0n) is 18.4. The molecule has 0 spiro atoms. The molecule has 0 aromatic heterocycles. The quantitative estimate of drug-likeness (QED) is 0.109. The van der Waals surface area contributed by atoms with Crippen molar-refractivity contribution in [2.75, 3.05) is 33.1 Å². The molecule has 190 valence electrons. The molecule has 0 aliphatic heterocycles. The van der Waals surface area contributed by atoms with Crippen LogP contribution in [0.15, 0.2) is 59.8 Å². The van der Waals surface area contributed by atoms with Crippen molar-refractivity contribution < 1.29 is 46.3 Å². The van der Waals surface area contributed by atoms with E-state index in [1.165, 1.54) is 25.2 Å². The molecular weight excluding hydrogens is 469 g/mol. The number of halogens is 4. The molecule has 33 heavy (non-hydrogen) atoms. The van der Waals surface area contributed by atoms with Gasteiger partial charge < -0.3 is 25.4 Å². The van der Waals surface area contributed by atoms with Gasteiger partial charge in [0.05, 0.1) is 30.9 Å². The van der Waals surface area contributed by atoms with E-state index in [1.807, 2.05) is 6.08 Å². The molecule has 1 atom stereocenters. The third kappa shape index (κ3) is 16.6. The molecule has 0 radical (unpaired) electrons. The lowest BCUT2D eigenvalue weighted by Gasteiger charge is -2.23. The van der Waals surface area contributed by atoms with Crippen molar-refractivity contribution in [1.29, 1.82) is 0 Å². The zero-order valence-corrected chi connectivity index (χ0v) is 19.3. The minimum atomic E-state index is -4.84. The van der Waals surface area contributed by atoms with E-state index < -0.39 is 51.6 Å². The molecule has 0 aliphatic rings. The predicted octanol–water partition coefficient (Wildman–Crippen LogP) is 4.05. The highest BCUT2D eigenvalue weighted by Crippen LogP contribution is 2.36. The topological polar surface area (TPSA) is 122 Å². The Labute approximate surface area is 191 Å². The highest BCUT2D eigenvalue weighted by atomic mass is 31.2. The molecule has 7 nitrogen and oxygen atoms in total. The number of unbranched alkanes of at least 4 members (excludes halogenated alkanes) is 2. The smallest absolute Gasteiger partial charge is 0.394 e. The molecule has 0 rings (SSSR count). The number of alkyl halides is 4. The van der Waals surface area contributed by atoms with Gasteiger partial charge >= 0.3 is 14.0 Å². The second kappa shape index (κ2) is 16.1.